The summed E-state index contributed by atoms with van der Waals surface area (Å²) in [5.41, 5.74) is 5.23. The predicted octanol–water partition coefficient (Wildman–Crippen LogP) is -1.48. The molecule has 5 N–H and O–H groups in total. The molecule has 1 rings (SSSR count). The third kappa shape index (κ3) is 4.68. The molecule has 0 aromatic heterocycles. The molecule has 1 fully saturated rings. The smallest absolute Gasteiger partial charge is 0.326 e. The molecule has 1 saturated heterocycles. The van der Waals surface area contributed by atoms with Crippen LogP contribution in [0.3, 0.4) is 0 Å². The van der Waals surface area contributed by atoms with E-state index in [0.29, 0.717) is 6.42 Å². The van der Waals surface area contributed by atoms with Crippen molar-refractivity contribution in [3.63, 3.8) is 0 Å². The molecule has 1 aliphatic rings. The Bertz CT molecular complexity index is 413. The first-order chi connectivity index (χ1) is 9.76. The van der Waals surface area contributed by atoms with Crippen LogP contribution in [0, 0.1) is 5.92 Å². The molecule has 0 spiro atoms. The maximum atomic E-state index is 12.5. The largest absolute Gasteiger partial charge is 0.480 e. The first-order valence-electron chi connectivity index (χ1n) is 6.97. The van der Waals surface area contributed by atoms with Crippen LogP contribution in [0.5, 0.6) is 0 Å². The van der Waals surface area contributed by atoms with E-state index >= 15 is 0 Å². The highest BCUT2D eigenvalue weighted by molar-refractivity contribution is 5.91. The quantitative estimate of drug-likeness (QED) is 0.473. The molecule has 8 nitrogen and oxygen atoms in total. The minimum absolute atomic E-state index is 0.000305. The van der Waals surface area contributed by atoms with Gasteiger partial charge < -0.3 is 26.2 Å². The highest BCUT2D eigenvalue weighted by Gasteiger charge is 2.41. The number of carbonyl (C=O) groups excluding carboxylic acids is 2. The zero-order chi connectivity index (χ0) is 16.2. The van der Waals surface area contributed by atoms with Crippen molar-refractivity contribution in [2.75, 3.05) is 13.1 Å². The molecule has 1 heterocycles. The molecule has 8 heteroatoms. The summed E-state index contributed by atoms with van der Waals surface area (Å²) >= 11 is 0. The van der Waals surface area contributed by atoms with Crippen LogP contribution in [0.15, 0.2) is 0 Å². The Hall–Kier alpha value is -1.67. The number of carbonyl (C=O) groups is 3. The molecular formula is C13H23N3O5. The Balaban J connectivity index is 2.87. The van der Waals surface area contributed by atoms with Crippen molar-refractivity contribution < 1.29 is 24.6 Å². The lowest BCUT2D eigenvalue weighted by molar-refractivity contribution is -0.149. The minimum Gasteiger partial charge on any atom is -0.480 e. The number of carboxylic acids is 1. The minimum atomic E-state index is -1.16. The molecule has 0 saturated carbocycles. The van der Waals surface area contributed by atoms with E-state index in [0.717, 1.165) is 4.90 Å². The Kier molecular flexibility index (Phi) is 6.10. The number of aliphatic hydroxyl groups excluding tert-OH is 1. The number of carboxylic acid groups (broad SMARTS) is 1. The zero-order valence-electron chi connectivity index (χ0n) is 12.3. The van der Waals surface area contributed by atoms with Gasteiger partial charge in [-0.15, -0.1) is 0 Å². The number of β-amino-alcohol motifs (C(OH)–C–C–N with tert-alkyl or cyclic N) is 1. The lowest BCUT2D eigenvalue weighted by atomic mass is 10.0. The first kappa shape index (κ1) is 17.4. The molecule has 3 atom stereocenters. The Labute approximate surface area is 123 Å². The topological polar surface area (TPSA) is 133 Å². The third-order valence-corrected chi connectivity index (χ3v) is 3.37. The lowest BCUT2D eigenvalue weighted by Crippen LogP contribution is -2.53. The molecule has 0 aliphatic carbocycles. The van der Waals surface area contributed by atoms with Crippen LogP contribution in [0.1, 0.15) is 26.7 Å². The van der Waals surface area contributed by atoms with Gasteiger partial charge in [-0.05, 0) is 12.3 Å². The van der Waals surface area contributed by atoms with Crippen LogP contribution >= 0.6 is 0 Å². The Morgan fingerprint density at radius 1 is 1.38 bits per heavy atom. The predicted molar refractivity (Wildman–Crippen MR) is 74.2 cm³/mol. The SMILES string of the molecule is CC(C)C[C@H](NC(=O)CN)C(=O)N1C[C@H](O)C[C@H]1C(=O)O. The van der Waals surface area contributed by atoms with Gasteiger partial charge in [-0.25, -0.2) is 4.79 Å². The number of nitrogens with one attached hydrogen (secondary N) is 1. The highest BCUT2D eigenvalue weighted by Crippen LogP contribution is 2.20. The van der Waals surface area contributed by atoms with Gasteiger partial charge in [0.1, 0.15) is 12.1 Å². The van der Waals surface area contributed by atoms with Gasteiger partial charge in [-0.3, -0.25) is 9.59 Å². The standard InChI is InChI=1S/C13H23N3O5/c1-7(2)3-9(15-11(18)5-14)12(19)16-6-8(17)4-10(16)13(20)21/h7-10,17H,3-6,14H2,1-2H3,(H,15,18)(H,20,21)/t8-,9+,10+/m1/s1. The Morgan fingerprint density at radius 2 is 2.00 bits per heavy atom. The van der Waals surface area contributed by atoms with E-state index in [2.05, 4.69) is 5.32 Å². The molecule has 0 aromatic rings. The number of amides is 2. The zero-order valence-corrected chi connectivity index (χ0v) is 12.3. The van der Waals surface area contributed by atoms with Crippen molar-refractivity contribution in [3.8, 4) is 0 Å². The fourth-order valence-electron chi connectivity index (χ4n) is 2.44. The molecule has 0 aromatic carbocycles. The molecule has 0 unspecified atom stereocenters. The average Bonchev–Trinajstić information content (AvgIpc) is 2.78. The number of likely N-dealkylation sites (tertiary alicyclic amines) is 1. The first-order valence-corrected chi connectivity index (χ1v) is 6.97. The molecule has 0 radical (unpaired) electrons. The Morgan fingerprint density at radius 3 is 2.48 bits per heavy atom. The van der Waals surface area contributed by atoms with Gasteiger partial charge in [0.25, 0.3) is 0 Å². The summed E-state index contributed by atoms with van der Waals surface area (Å²) in [6.07, 6.45) is -0.482. The number of nitrogens with zero attached hydrogens (tertiary/aromatic N) is 1. The van der Waals surface area contributed by atoms with Crippen molar-refractivity contribution in [1.82, 2.24) is 10.2 Å². The van der Waals surface area contributed by atoms with Crippen molar-refractivity contribution in [2.45, 2.75) is 44.9 Å². The van der Waals surface area contributed by atoms with Crippen molar-refractivity contribution in [2.24, 2.45) is 11.7 Å². The maximum absolute atomic E-state index is 12.5. The van der Waals surface area contributed by atoms with Gasteiger partial charge in [-0.2, -0.15) is 0 Å². The van der Waals surface area contributed by atoms with Gasteiger partial charge in [0.2, 0.25) is 11.8 Å². The summed E-state index contributed by atoms with van der Waals surface area (Å²) < 4.78 is 0. The van der Waals surface area contributed by atoms with E-state index < -0.39 is 36.0 Å². The van der Waals surface area contributed by atoms with Crippen molar-refractivity contribution >= 4 is 17.8 Å². The second kappa shape index (κ2) is 7.37. The summed E-state index contributed by atoms with van der Waals surface area (Å²) in [6.45, 7) is 3.50. The molecule has 0 bridgehead atoms. The van der Waals surface area contributed by atoms with Crippen LogP contribution < -0.4 is 11.1 Å². The van der Waals surface area contributed by atoms with Gasteiger partial charge in [0.15, 0.2) is 0 Å². The average molecular weight is 301 g/mol. The molecule has 2 amide bonds. The number of aliphatic hydroxyl groups is 1. The van der Waals surface area contributed by atoms with Crippen molar-refractivity contribution in [1.29, 1.82) is 0 Å². The summed E-state index contributed by atoms with van der Waals surface area (Å²) in [6, 6.07) is -1.88. The van der Waals surface area contributed by atoms with Gasteiger partial charge in [0, 0.05) is 13.0 Å². The summed E-state index contributed by atoms with van der Waals surface area (Å²) in [7, 11) is 0. The molecular weight excluding hydrogens is 278 g/mol. The monoisotopic (exact) mass is 301 g/mol. The number of nitrogens with two attached hydrogens (primary N) is 1. The number of rotatable bonds is 6. The van der Waals surface area contributed by atoms with Gasteiger partial charge >= 0.3 is 5.97 Å². The van der Waals surface area contributed by atoms with E-state index in [1.807, 2.05) is 13.8 Å². The van der Waals surface area contributed by atoms with E-state index in [9.17, 15) is 19.5 Å². The van der Waals surface area contributed by atoms with E-state index in [1.165, 1.54) is 0 Å². The van der Waals surface area contributed by atoms with Crippen LogP contribution in [0.25, 0.3) is 0 Å². The summed E-state index contributed by atoms with van der Waals surface area (Å²) in [5, 5.41) is 21.2. The van der Waals surface area contributed by atoms with E-state index in [4.69, 9.17) is 10.8 Å². The van der Waals surface area contributed by atoms with E-state index in [-0.39, 0.29) is 25.4 Å². The van der Waals surface area contributed by atoms with Crippen LogP contribution in [0.2, 0.25) is 0 Å². The van der Waals surface area contributed by atoms with Gasteiger partial charge in [-0.1, -0.05) is 13.8 Å². The van der Waals surface area contributed by atoms with Crippen molar-refractivity contribution in [3.05, 3.63) is 0 Å². The number of hydrogen-bond donors (Lipinski definition) is 4. The van der Waals surface area contributed by atoms with Gasteiger partial charge in [0.05, 0.1) is 12.6 Å². The second-order valence-corrected chi connectivity index (χ2v) is 5.69. The number of hydrogen-bond acceptors (Lipinski definition) is 5. The fraction of sp³-hybridized carbons (Fsp3) is 0.769. The highest BCUT2D eigenvalue weighted by atomic mass is 16.4. The van der Waals surface area contributed by atoms with Crippen LogP contribution in [0.4, 0.5) is 0 Å². The second-order valence-electron chi connectivity index (χ2n) is 5.69. The van der Waals surface area contributed by atoms with E-state index in [1.54, 1.807) is 0 Å². The molecule has 1 aliphatic heterocycles. The normalized spacial score (nSPS) is 23.2. The lowest BCUT2D eigenvalue weighted by Gasteiger charge is -2.28. The summed E-state index contributed by atoms with van der Waals surface area (Å²) in [4.78, 5) is 36.2. The fourth-order valence-corrected chi connectivity index (χ4v) is 2.44. The number of aliphatic carboxylic acids is 1. The summed E-state index contributed by atoms with van der Waals surface area (Å²) in [5.74, 6) is -1.99. The molecule has 120 valence electrons. The molecule has 21 heavy (non-hydrogen) atoms. The third-order valence-electron chi connectivity index (χ3n) is 3.37. The maximum Gasteiger partial charge on any atom is 0.326 e. The van der Waals surface area contributed by atoms with Crippen LogP contribution in [-0.2, 0) is 14.4 Å². The van der Waals surface area contributed by atoms with Crippen LogP contribution in [-0.4, -0.2) is 64.2 Å².